The summed E-state index contributed by atoms with van der Waals surface area (Å²) in [6.45, 7) is 0. The van der Waals surface area contributed by atoms with Gasteiger partial charge in [-0.15, -0.1) is 0 Å². The van der Waals surface area contributed by atoms with Crippen molar-refractivity contribution in [1.82, 2.24) is 9.97 Å². The summed E-state index contributed by atoms with van der Waals surface area (Å²) >= 11 is 7.83. The molecule has 15 heavy (non-hydrogen) atoms. The number of thioether (sulfide) groups is 1. The van der Waals surface area contributed by atoms with Crippen LogP contribution in [0.3, 0.4) is 0 Å². The van der Waals surface area contributed by atoms with E-state index in [4.69, 9.17) is 16.3 Å². The van der Waals surface area contributed by atoms with E-state index >= 15 is 0 Å². The number of anilines is 1. The molecule has 2 rings (SSSR count). The van der Waals surface area contributed by atoms with Crippen LogP contribution in [0.15, 0.2) is 6.33 Å². The van der Waals surface area contributed by atoms with Crippen LogP contribution in [-0.2, 0) is 0 Å². The molecule has 1 saturated heterocycles. The molecule has 0 aromatic carbocycles. The molecule has 1 aromatic rings. The molecule has 0 aliphatic carbocycles. The summed E-state index contributed by atoms with van der Waals surface area (Å²) in [6, 6.07) is 0.454. The molecule has 0 amide bonds. The Kier molecular flexibility index (Phi) is 3.53. The van der Waals surface area contributed by atoms with Crippen molar-refractivity contribution in [2.24, 2.45) is 0 Å². The zero-order chi connectivity index (χ0) is 10.7. The van der Waals surface area contributed by atoms with Gasteiger partial charge in [0.25, 0.3) is 0 Å². The molecule has 1 fully saturated rings. The Morgan fingerprint density at radius 1 is 1.60 bits per heavy atom. The molecule has 2 heterocycles. The van der Waals surface area contributed by atoms with Gasteiger partial charge in [-0.25, -0.2) is 9.97 Å². The lowest BCUT2D eigenvalue weighted by Gasteiger charge is -2.14. The Morgan fingerprint density at radius 3 is 3.13 bits per heavy atom. The van der Waals surface area contributed by atoms with Gasteiger partial charge in [0.05, 0.1) is 7.11 Å². The number of halogens is 1. The molecule has 0 radical (unpaired) electrons. The maximum Gasteiger partial charge on any atom is 0.198 e. The van der Waals surface area contributed by atoms with Gasteiger partial charge in [0.2, 0.25) is 0 Å². The molecule has 4 nitrogen and oxygen atoms in total. The largest absolute Gasteiger partial charge is 0.490 e. The second-order valence-corrected chi connectivity index (χ2v) is 4.76. The molecule has 1 unspecified atom stereocenters. The smallest absolute Gasteiger partial charge is 0.198 e. The number of methoxy groups -OCH3 is 1. The fourth-order valence-electron chi connectivity index (χ4n) is 1.48. The Morgan fingerprint density at radius 2 is 2.47 bits per heavy atom. The van der Waals surface area contributed by atoms with Crippen LogP contribution in [0.2, 0.25) is 5.15 Å². The summed E-state index contributed by atoms with van der Waals surface area (Å²) < 4.78 is 5.16. The number of aromatic nitrogens is 2. The van der Waals surface area contributed by atoms with Crippen molar-refractivity contribution in [3.63, 3.8) is 0 Å². The summed E-state index contributed by atoms with van der Waals surface area (Å²) in [5, 5.41) is 3.67. The van der Waals surface area contributed by atoms with Crippen molar-refractivity contribution in [3.8, 4) is 5.75 Å². The molecule has 1 atom stereocenters. The van der Waals surface area contributed by atoms with Crippen molar-refractivity contribution in [2.45, 2.75) is 12.5 Å². The monoisotopic (exact) mass is 245 g/mol. The van der Waals surface area contributed by atoms with Crippen LogP contribution >= 0.6 is 23.4 Å². The van der Waals surface area contributed by atoms with Crippen LogP contribution in [0.5, 0.6) is 5.75 Å². The summed E-state index contributed by atoms with van der Waals surface area (Å²) in [5.41, 5.74) is 0. The minimum atomic E-state index is 0.348. The molecule has 6 heteroatoms. The lowest BCUT2D eigenvalue weighted by Crippen LogP contribution is -2.19. The van der Waals surface area contributed by atoms with Gasteiger partial charge >= 0.3 is 0 Å². The SMILES string of the molecule is COc1c(Cl)ncnc1NC1CCSC1. The highest BCUT2D eigenvalue weighted by Gasteiger charge is 2.18. The van der Waals surface area contributed by atoms with Gasteiger partial charge in [-0.1, -0.05) is 11.6 Å². The normalized spacial score (nSPS) is 20.3. The third kappa shape index (κ3) is 2.46. The number of ether oxygens (including phenoxy) is 1. The van der Waals surface area contributed by atoms with Crippen molar-refractivity contribution in [1.29, 1.82) is 0 Å². The number of hydrogen-bond donors (Lipinski definition) is 1. The number of nitrogens with one attached hydrogen (secondary N) is 1. The lowest BCUT2D eigenvalue weighted by molar-refractivity contribution is 0.412. The van der Waals surface area contributed by atoms with E-state index in [0.29, 0.717) is 22.8 Å². The average molecular weight is 246 g/mol. The minimum absolute atomic E-state index is 0.348. The maximum absolute atomic E-state index is 5.89. The predicted octanol–water partition coefficient (Wildman–Crippen LogP) is 2.06. The van der Waals surface area contributed by atoms with E-state index in [1.807, 2.05) is 11.8 Å². The minimum Gasteiger partial charge on any atom is -0.490 e. The molecule has 0 bridgehead atoms. The fraction of sp³-hybridized carbons (Fsp3) is 0.556. The van der Waals surface area contributed by atoms with Gasteiger partial charge in [-0.2, -0.15) is 11.8 Å². The molecule has 1 aromatic heterocycles. The van der Waals surface area contributed by atoms with Crippen LogP contribution in [0.1, 0.15) is 6.42 Å². The molecule has 1 aliphatic heterocycles. The van der Waals surface area contributed by atoms with Gasteiger partial charge < -0.3 is 10.1 Å². The van der Waals surface area contributed by atoms with Crippen molar-refractivity contribution >= 4 is 29.2 Å². The molecular weight excluding hydrogens is 234 g/mol. The van der Waals surface area contributed by atoms with Crippen molar-refractivity contribution in [2.75, 3.05) is 23.9 Å². The van der Waals surface area contributed by atoms with Gasteiger partial charge in [0, 0.05) is 11.8 Å². The summed E-state index contributed by atoms with van der Waals surface area (Å²) in [7, 11) is 1.57. The predicted molar refractivity (Wildman–Crippen MR) is 62.9 cm³/mol. The van der Waals surface area contributed by atoms with E-state index < -0.39 is 0 Å². The lowest BCUT2D eigenvalue weighted by atomic mass is 10.2. The summed E-state index contributed by atoms with van der Waals surface area (Å²) in [4.78, 5) is 8.00. The topological polar surface area (TPSA) is 47.0 Å². The van der Waals surface area contributed by atoms with E-state index in [-0.39, 0.29) is 0 Å². The van der Waals surface area contributed by atoms with E-state index in [9.17, 15) is 0 Å². The first-order valence-electron chi connectivity index (χ1n) is 4.70. The highest BCUT2D eigenvalue weighted by Crippen LogP contribution is 2.30. The average Bonchev–Trinajstić information content (AvgIpc) is 2.71. The quantitative estimate of drug-likeness (QED) is 0.826. The summed E-state index contributed by atoms with van der Waals surface area (Å²) in [5.74, 6) is 3.50. The number of rotatable bonds is 3. The molecule has 0 spiro atoms. The van der Waals surface area contributed by atoms with Crippen molar-refractivity contribution < 1.29 is 4.74 Å². The molecule has 82 valence electrons. The molecule has 0 saturated carbocycles. The highest BCUT2D eigenvalue weighted by molar-refractivity contribution is 7.99. The van der Waals surface area contributed by atoms with E-state index in [0.717, 1.165) is 12.2 Å². The van der Waals surface area contributed by atoms with Crippen LogP contribution in [-0.4, -0.2) is 34.6 Å². The first-order chi connectivity index (χ1) is 7.31. The zero-order valence-corrected chi connectivity index (χ0v) is 9.94. The van der Waals surface area contributed by atoms with Crippen LogP contribution in [0.4, 0.5) is 5.82 Å². The Hall–Kier alpha value is -0.680. The Balaban J connectivity index is 2.15. The molecular formula is C9H12ClN3OS. The van der Waals surface area contributed by atoms with Gasteiger partial charge in [0.15, 0.2) is 16.7 Å². The van der Waals surface area contributed by atoms with E-state index in [2.05, 4.69) is 15.3 Å². The van der Waals surface area contributed by atoms with Crippen LogP contribution < -0.4 is 10.1 Å². The highest BCUT2D eigenvalue weighted by atomic mass is 35.5. The van der Waals surface area contributed by atoms with Crippen LogP contribution in [0, 0.1) is 0 Å². The number of nitrogens with zero attached hydrogens (tertiary/aromatic N) is 2. The second kappa shape index (κ2) is 4.90. The molecule has 1 aliphatic rings. The second-order valence-electron chi connectivity index (χ2n) is 3.25. The first kappa shape index (κ1) is 10.8. The van der Waals surface area contributed by atoms with Crippen LogP contribution in [0.25, 0.3) is 0 Å². The summed E-state index contributed by atoms with van der Waals surface area (Å²) in [6.07, 6.45) is 2.59. The maximum atomic E-state index is 5.89. The van der Waals surface area contributed by atoms with Gasteiger partial charge in [-0.3, -0.25) is 0 Å². The number of hydrogen-bond acceptors (Lipinski definition) is 5. The third-order valence-electron chi connectivity index (χ3n) is 2.24. The fourth-order valence-corrected chi connectivity index (χ4v) is 2.84. The first-order valence-corrected chi connectivity index (χ1v) is 6.23. The molecule has 1 N–H and O–H groups in total. The Bertz CT molecular complexity index is 344. The van der Waals surface area contributed by atoms with Crippen molar-refractivity contribution in [3.05, 3.63) is 11.5 Å². The van der Waals surface area contributed by atoms with Gasteiger partial charge in [0.1, 0.15) is 6.33 Å². The zero-order valence-electron chi connectivity index (χ0n) is 8.36. The standard InChI is InChI=1S/C9H12ClN3OS/c1-14-7-8(10)11-5-12-9(7)13-6-2-3-15-4-6/h5-6H,2-4H2,1H3,(H,11,12,13). The van der Waals surface area contributed by atoms with E-state index in [1.54, 1.807) is 7.11 Å². The Labute approximate surface area is 97.8 Å². The third-order valence-corrected chi connectivity index (χ3v) is 3.67. The van der Waals surface area contributed by atoms with E-state index in [1.165, 1.54) is 12.1 Å². The van der Waals surface area contributed by atoms with Gasteiger partial charge in [-0.05, 0) is 12.2 Å².